The first-order valence-electron chi connectivity index (χ1n) is 8.76. The second-order valence-corrected chi connectivity index (χ2v) is 6.77. The summed E-state index contributed by atoms with van der Waals surface area (Å²) in [5.41, 5.74) is 1.62. The maximum Gasteiger partial charge on any atom is 0.269 e. The second kappa shape index (κ2) is 8.33. The predicted octanol–water partition coefficient (Wildman–Crippen LogP) is 1.78. The molecular formula is C19H26N4O3. The Kier molecular flexibility index (Phi) is 5.90. The van der Waals surface area contributed by atoms with E-state index < -0.39 is 0 Å². The largest absolute Gasteiger partial charge is 0.490 e. The van der Waals surface area contributed by atoms with Crippen molar-refractivity contribution in [2.75, 3.05) is 34.4 Å². The van der Waals surface area contributed by atoms with Crippen LogP contribution >= 0.6 is 0 Å². The number of hydrogen-bond donors (Lipinski definition) is 1. The van der Waals surface area contributed by atoms with Crippen molar-refractivity contribution in [3.63, 3.8) is 0 Å². The smallest absolute Gasteiger partial charge is 0.269 e. The Morgan fingerprint density at radius 1 is 1.38 bits per heavy atom. The number of ether oxygens (including phenoxy) is 2. The summed E-state index contributed by atoms with van der Waals surface area (Å²) in [6, 6.07) is 7.82. The molecule has 0 aliphatic carbocycles. The molecule has 1 N–H and O–H groups in total. The third-order valence-corrected chi connectivity index (χ3v) is 4.66. The Hall–Kier alpha value is -2.38. The molecular weight excluding hydrogens is 332 g/mol. The fraction of sp³-hybridized carbons (Fsp3) is 0.474. The van der Waals surface area contributed by atoms with Crippen molar-refractivity contribution in [1.82, 2.24) is 19.8 Å². The summed E-state index contributed by atoms with van der Waals surface area (Å²) in [6.07, 6.45) is 4.56. The van der Waals surface area contributed by atoms with Gasteiger partial charge in [-0.2, -0.15) is 0 Å². The molecule has 0 spiro atoms. The summed E-state index contributed by atoms with van der Waals surface area (Å²) in [5.74, 6) is 0.746. The number of hydrogen-bond acceptors (Lipinski definition) is 5. The molecule has 140 valence electrons. The van der Waals surface area contributed by atoms with Gasteiger partial charge in [0.05, 0.1) is 12.3 Å². The van der Waals surface area contributed by atoms with Crippen molar-refractivity contribution in [2.24, 2.45) is 0 Å². The van der Waals surface area contributed by atoms with Crippen molar-refractivity contribution in [3.8, 4) is 5.75 Å². The lowest BCUT2D eigenvalue weighted by Gasteiger charge is -2.23. The minimum Gasteiger partial charge on any atom is -0.490 e. The van der Waals surface area contributed by atoms with E-state index in [2.05, 4.69) is 14.9 Å². The van der Waals surface area contributed by atoms with E-state index in [1.807, 2.05) is 24.3 Å². The van der Waals surface area contributed by atoms with Crippen molar-refractivity contribution in [1.29, 1.82) is 0 Å². The molecule has 1 fully saturated rings. The van der Waals surface area contributed by atoms with Gasteiger partial charge < -0.3 is 19.4 Å². The average molecular weight is 358 g/mol. The van der Waals surface area contributed by atoms with Crippen molar-refractivity contribution in [3.05, 3.63) is 48.0 Å². The molecule has 2 aromatic rings. The highest BCUT2D eigenvalue weighted by atomic mass is 16.5. The van der Waals surface area contributed by atoms with Crippen LogP contribution in [0.4, 0.5) is 0 Å². The molecule has 1 amide bonds. The standard InChI is InChI=1S/C19H26N4O3/c1-22(2)19(24)18-7-6-14(21-18)11-23-12-17(25-3)9-15(23)13-26-16-5-4-8-20-10-16/h4-8,10,15,17,21H,9,11-13H2,1-3H3/t15-,17+/m0/s1. The number of aromatic amines is 1. The zero-order valence-electron chi connectivity index (χ0n) is 15.5. The lowest BCUT2D eigenvalue weighted by molar-refractivity contribution is 0.0822. The topological polar surface area (TPSA) is 70.7 Å². The number of rotatable bonds is 7. The van der Waals surface area contributed by atoms with E-state index in [0.29, 0.717) is 12.3 Å². The van der Waals surface area contributed by atoms with Gasteiger partial charge in [0.15, 0.2) is 0 Å². The van der Waals surface area contributed by atoms with E-state index in [-0.39, 0.29) is 18.1 Å². The lowest BCUT2D eigenvalue weighted by Crippen LogP contribution is -2.34. The van der Waals surface area contributed by atoms with Gasteiger partial charge in [0, 0.05) is 52.2 Å². The van der Waals surface area contributed by atoms with E-state index in [1.165, 1.54) is 0 Å². The highest BCUT2D eigenvalue weighted by Crippen LogP contribution is 2.23. The number of nitrogens with zero attached hydrogens (tertiary/aromatic N) is 3. The summed E-state index contributed by atoms with van der Waals surface area (Å²) in [4.78, 5) is 23.3. The van der Waals surface area contributed by atoms with Crippen LogP contribution in [0.3, 0.4) is 0 Å². The second-order valence-electron chi connectivity index (χ2n) is 6.77. The predicted molar refractivity (Wildman–Crippen MR) is 98.2 cm³/mol. The van der Waals surface area contributed by atoms with Crippen LogP contribution in [-0.2, 0) is 11.3 Å². The van der Waals surface area contributed by atoms with Gasteiger partial charge in [-0.15, -0.1) is 0 Å². The molecule has 0 unspecified atom stereocenters. The number of carbonyl (C=O) groups excluding carboxylic acids is 1. The normalized spacial score (nSPS) is 20.3. The van der Waals surface area contributed by atoms with E-state index >= 15 is 0 Å². The molecule has 1 aliphatic rings. The number of carbonyl (C=O) groups is 1. The van der Waals surface area contributed by atoms with Gasteiger partial charge in [-0.05, 0) is 30.7 Å². The van der Waals surface area contributed by atoms with Gasteiger partial charge >= 0.3 is 0 Å². The van der Waals surface area contributed by atoms with Crippen LogP contribution in [0.1, 0.15) is 22.6 Å². The van der Waals surface area contributed by atoms with Gasteiger partial charge in [-0.1, -0.05) is 0 Å². The summed E-state index contributed by atoms with van der Waals surface area (Å²) < 4.78 is 11.5. The minimum absolute atomic E-state index is 0.0242. The first-order valence-corrected chi connectivity index (χ1v) is 8.76. The van der Waals surface area contributed by atoms with Crippen LogP contribution in [-0.4, -0.2) is 72.2 Å². The van der Waals surface area contributed by atoms with Crippen molar-refractivity contribution < 1.29 is 14.3 Å². The van der Waals surface area contributed by atoms with Crippen LogP contribution in [0, 0.1) is 0 Å². The number of aromatic nitrogens is 2. The highest BCUT2D eigenvalue weighted by Gasteiger charge is 2.33. The zero-order chi connectivity index (χ0) is 18.5. The van der Waals surface area contributed by atoms with Gasteiger partial charge in [-0.25, -0.2) is 0 Å². The molecule has 1 aliphatic heterocycles. The Morgan fingerprint density at radius 3 is 2.92 bits per heavy atom. The van der Waals surface area contributed by atoms with Crippen molar-refractivity contribution >= 4 is 5.91 Å². The van der Waals surface area contributed by atoms with Crippen LogP contribution < -0.4 is 4.74 Å². The number of nitrogens with one attached hydrogen (secondary N) is 1. The Labute approximate surface area is 153 Å². The molecule has 3 heterocycles. The number of amides is 1. The molecule has 7 nitrogen and oxygen atoms in total. The maximum atomic E-state index is 12.1. The Bertz CT molecular complexity index is 717. The number of pyridine rings is 1. The van der Waals surface area contributed by atoms with Crippen LogP contribution in [0.5, 0.6) is 5.75 Å². The maximum absolute atomic E-state index is 12.1. The first kappa shape index (κ1) is 18.4. The third-order valence-electron chi connectivity index (χ3n) is 4.66. The quantitative estimate of drug-likeness (QED) is 0.817. The SMILES string of the molecule is CO[C@@H]1C[C@@H](COc2cccnc2)N(Cc2ccc(C(=O)N(C)C)[nH]2)C1. The van der Waals surface area contributed by atoms with Crippen molar-refractivity contribution in [2.45, 2.75) is 25.1 Å². The minimum atomic E-state index is -0.0242. The molecule has 0 aromatic carbocycles. The van der Waals surface area contributed by atoms with Crippen LogP contribution in [0.2, 0.25) is 0 Å². The van der Waals surface area contributed by atoms with E-state index in [0.717, 1.165) is 31.0 Å². The molecule has 3 rings (SSSR count). The summed E-state index contributed by atoms with van der Waals surface area (Å²) in [7, 11) is 5.24. The average Bonchev–Trinajstić information content (AvgIpc) is 3.27. The molecule has 7 heteroatoms. The molecule has 0 saturated carbocycles. The highest BCUT2D eigenvalue weighted by molar-refractivity contribution is 5.92. The van der Waals surface area contributed by atoms with E-state index in [4.69, 9.17) is 9.47 Å². The molecule has 2 aromatic heterocycles. The Morgan fingerprint density at radius 2 is 2.23 bits per heavy atom. The number of H-pyrrole nitrogens is 1. The lowest BCUT2D eigenvalue weighted by atomic mass is 10.2. The number of likely N-dealkylation sites (tertiary alicyclic amines) is 1. The molecule has 0 radical (unpaired) electrons. The summed E-state index contributed by atoms with van der Waals surface area (Å²) in [6.45, 7) is 2.14. The van der Waals surface area contributed by atoms with Crippen LogP contribution in [0.25, 0.3) is 0 Å². The zero-order valence-corrected chi connectivity index (χ0v) is 15.5. The number of methoxy groups -OCH3 is 1. The molecule has 2 atom stereocenters. The Balaban J connectivity index is 1.63. The monoisotopic (exact) mass is 358 g/mol. The van der Waals surface area contributed by atoms with Gasteiger partial charge in [0.2, 0.25) is 0 Å². The first-order chi connectivity index (χ1) is 12.6. The molecule has 1 saturated heterocycles. The molecule has 26 heavy (non-hydrogen) atoms. The van der Waals surface area contributed by atoms with Crippen LogP contribution in [0.15, 0.2) is 36.7 Å². The molecule has 0 bridgehead atoms. The summed E-state index contributed by atoms with van der Waals surface area (Å²) in [5, 5.41) is 0. The van der Waals surface area contributed by atoms with Gasteiger partial charge in [0.1, 0.15) is 18.1 Å². The summed E-state index contributed by atoms with van der Waals surface area (Å²) >= 11 is 0. The van der Waals surface area contributed by atoms with E-state index in [1.54, 1.807) is 38.5 Å². The fourth-order valence-electron chi connectivity index (χ4n) is 3.22. The van der Waals surface area contributed by atoms with Gasteiger partial charge in [0.25, 0.3) is 5.91 Å². The van der Waals surface area contributed by atoms with E-state index in [9.17, 15) is 4.79 Å². The fourth-order valence-corrected chi connectivity index (χ4v) is 3.22. The van der Waals surface area contributed by atoms with Gasteiger partial charge in [-0.3, -0.25) is 14.7 Å². The third kappa shape index (κ3) is 4.42.